The highest BCUT2D eigenvalue weighted by atomic mass is 16.3. The highest BCUT2D eigenvalue weighted by molar-refractivity contribution is 5.76. The predicted octanol–water partition coefficient (Wildman–Crippen LogP) is 0.605. The number of carbonyl (C=O) groups excluding carboxylic acids is 1. The van der Waals surface area contributed by atoms with Crippen LogP contribution in [0.1, 0.15) is 32.1 Å². The number of carbonyl (C=O) groups is 1. The Labute approximate surface area is 98.0 Å². The molecule has 4 heteroatoms. The first-order valence-corrected chi connectivity index (χ1v) is 6.17. The van der Waals surface area contributed by atoms with Gasteiger partial charge in [0, 0.05) is 19.5 Å². The molecular formula is C12H24N2O2. The van der Waals surface area contributed by atoms with Gasteiger partial charge in [-0.25, -0.2) is 0 Å². The van der Waals surface area contributed by atoms with Crippen molar-refractivity contribution in [3.63, 3.8) is 0 Å². The van der Waals surface area contributed by atoms with Gasteiger partial charge < -0.3 is 15.3 Å². The van der Waals surface area contributed by atoms with Crippen LogP contribution in [0.15, 0.2) is 0 Å². The molecule has 1 amide bonds. The molecule has 4 nitrogen and oxygen atoms in total. The second kappa shape index (κ2) is 6.86. The first kappa shape index (κ1) is 13.5. The lowest BCUT2D eigenvalue weighted by Crippen LogP contribution is -2.33. The van der Waals surface area contributed by atoms with Crippen LogP contribution in [0.2, 0.25) is 0 Å². The molecule has 0 heterocycles. The molecule has 0 unspecified atom stereocenters. The van der Waals surface area contributed by atoms with Crippen LogP contribution in [-0.4, -0.2) is 49.2 Å². The summed E-state index contributed by atoms with van der Waals surface area (Å²) in [4.78, 5) is 13.5. The van der Waals surface area contributed by atoms with Crippen molar-refractivity contribution in [1.29, 1.82) is 0 Å². The molecule has 94 valence electrons. The minimum absolute atomic E-state index is 0.110. The lowest BCUT2D eigenvalue weighted by Gasteiger charge is -2.25. The fraction of sp³-hybridized carbons (Fsp3) is 0.917. The standard InChI is InChI=1S/C12H24N2O2/c1-14(2)8-7-12(16)13-9-10-3-5-11(15)6-4-10/h10-11,15H,3-9H2,1-2H3,(H,13,16). The van der Waals surface area contributed by atoms with Gasteiger partial charge >= 0.3 is 0 Å². The van der Waals surface area contributed by atoms with Gasteiger partial charge in [-0.1, -0.05) is 0 Å². The summed E-state index contributed by atoms with van der Waals surface area (Å²) in [7, 11) is 3.94. The quantitative estimate of drug-likeness (QED) is 0.725. The van der Waals surface area contributed by atoms with Gasteiger partial charge in [0.15, 0.2) is 0 Å². The van der Waals surface area contributed by atoms with E-state index in [2.05, 4.69) is 5.32 Å². The molecule has 0 radical (unpaired) electrons. The second-order valence-electron chi connectivity index (χ2n) is 5.03. The summed E-state index contributed by atoms with van der Waals surface area (Å²) >= 11 is 0. The van der Waals surface area contributed by atoms with Crippen LogP contribution in [0.3, 0.4) is 0 Å². The molecule has 0 aromatic heterocycles. The van der Waals surface area contributed by atoms with Gasteiger partial charge in [-0.2, -0.15) is 0 Å². The Bertz CT molecular complexity index is 211. The largest absolute Gasteiger partial charge is 0.393 e. The lowest BCUT2D eigenvalue weighted by molar-refractivity contribution is -0.121. The van der Waals surface area contributed by atoms with E-state index in [4.69, 9.17) is 0 Å². The SMILES string of the molecule is CN(C)CCC(=O)NCC1CCC(O)CC1. The molecular weight excluding hydrogens is 204 g/mol. The maximum Gasteiger partial charge on any atom is 0.221 e. The lowest BCUT2D eigenvalue weighted by atomic mass is 9.87. The van der Waals surface area contributed by atoms with Crippen molar-refractivity contribution in [2.45, 2.75) is 38.2 Å². The summed E-state index contributed by atoms with van der Waals surface area (Å²) in [5, 5.41) is 12.3. The van der Waals surface area contributed by atoms with Crippen LogP contribution in [0, 0.1) is 5.92 Å². The number of rotatable bonds is 5. The molecule has 0 aromatic rings. The summed E-state index contributed by atoms with van der Waals surface area (Å²) < 4.78 is 0. The maximum atomic E-state index is 11.5. The van der Waals surface area contributed by atoms with E-state index in [1.807, 2.05) is 19.0 Å². The second-order valence-corrected chi connectivity index (χ2v) is 5.03. The smallest absolute Gasteiger partial charge is 0.221 e. The predicted molar refractivity (Wildman–Crippen MR) is 64.1 cm³/mol. The Morgan fingerprint density at radius 1 is 1.31 bits per heavy atom. The van der Waals surface area contributed by atoms with Crippen LogP contribution < -0.4 is 5.32 Å². The molecule has 1 fully saturated rings. The molecule has 16 heavy (non-hydrogen) atoms. The van der Waals surface area contributed by atoms with Gasteiger partial charge in [-0.15, -0.1) is 0 Å². The van der Waals surface area contributed by atoms with Gasteiger partial charge in [0.25, 0.3) is 0 Å². The Kier molecular flexibility index (Phi) is 5.77. The van der Waals surface area contributed by atoms with E-state index in [0.717, 1.165) is 38.8 Å². The summed E-state index contributed by atoms with van der Waals surface area (Å²) in [5.41, 5.74) is 0. The van der Waals surface area contributed by atoms with Gasteiger partial charge in [0.1, 0.15) is 0 Å². The summed E-state index contributed by atoms with van der Waals surface area (Å²) in [6, 6.07) is 0. The van der Waals surface area contributed by atoms with Gasteiger partial charge in [0.05, 0.1) is 6.10 Å². The first-order valence-electron chi connectivity index (χ1n) is 6.17. The zero-order chi connectivity index (χ0) is 12.0. The molecule has 1 rings (SSSR count). The summed E-state index contributed by atoms with van der Waals surface area (Å²) in [5.74, 6) is 0.700. The molecule has 0 atom stereocenters. The fourth-order valence-corrected chi connectivity index (χ4v) is 2.02. The Hall–Kier alpha value is -0.610. The minimum Gasteiger partial charge on any atom is -0.393 e. The van der Waals surface area contributed by atoms with E-state index in [0.29, 0.717) is 12.3 Å². The third-order valence-corrected chi connectivity index (χ3v) is 3.19. The van der Waals surface area contributed by atoms with E-state index in [9.17, 15) is 9.90 Å². The van der Waals surface area contributed by atoms with Crippen LogP contribution in [0.5, 0.6) is 0 Å². The molecule has 0 saturated heterocycles. The van der Waals surface area contributed by atoms with E-state index in [-0.39, 0.29) is 12.0 Å². The monoisotopic (exact) mass is 228 g/mol. The van der Waals surface area contributed by atoms with E-state index >= 15 is 0 Å². The number of aliphatic hydroxyl groups excluding tert-OH is 1. The molecule has 0 aliphatic heterocycles. The van der Waals surface area contributed by atoms with Crippen LogP contribution in [0.25, 0.3) is 0 Å². The Balaban J connectivity index is 2.07. The maximum absolute atomic E-state index is 11.5. The first-order chi connectivity index (χ1) is 7.58. The third kappa shape index (κ3) is 5.47. The number of amides is 1. The summed E-state index contributed by atoms with van der Waals surface area (Å²) in [6.07, 6.45) is 4.31. The van der Waals surface area contributed by atoms with Crippen molar-refractivity contribution >= 4 is 5.91 Å². The summed E-state index contributed by atoms with van der Waals surface area (Å²) in [6.45, 7) is 1.58. The number of hydrogen-bond donors (Lipinski definition) is 2. The molecule has 1 saturated carbocycles. The Morgan fingerprint density at radius 3 is 2.50 bits per heavy atom. The molecule has 1 aliphatic carbocycles. The Morgan fingerprint density at radius 2 is 1.94 bits per heavy atom. The van der Waals surface area contributed by atoms with Crippen molar-refractivity contribution in [3.05, 3.63) is 0 Å². The zero-order valence-corrected chi connectivity index (χ0v) is 10.4. The van der Waals surface area contributed by atoms with Crippen molar-refractivity contribution < 1.29 is 9.90 Å². The van der Waals surface area contributed by atoms with Crippen LogP contribution in [0.4, 0.5) is 0 Å². The molecule has 0 bridgehead atoms. The third-order valence-electron chi connectivity index (χ3n) is 3.19. The average Bonchev–Trinajstić information content (AvgIpc) is 2.25. The molecule has 0 aromatic carbocycles. The normalized spacial score (nSPS) is 25.8. The van der Waals surface area contributed by atoms with Crippen LogP contribution >= 0.6 is 0 Å². The van der Waals surface area contributed by atoms with Gasteiger partial charge in [0.2, 0.25) is 5.91 Å². The minimum atomic E-state index is -0.110. The van der Waals surface area contributed by atoms with E-state index in [1.165, 1.54) is 0 Å². The number of aliphatic hydroxyl groups is 1. The average molecular weight is 228 g/mol. The van der Waals surface area contributed by atoms with E-state index < -0.39 is 0 Å². The number of nitrogens with one attached hydrogen (secondary N) is 1. The van der Waals surface area contributed by atoms with Crippen molar-refractivity contribution in [2.24, 2.45) is 5.92 Å². The topological polar surface area (TPSA) is 52.6 Å². The fourth-order valence-electron chi connectivity index (χ4n) is 2.02. The molecule has 2 N–H and O–H groups in total. The highest BCUT2D eigenvalue weighted by Gasteiger charge is 2.19. The van der Waals surface area contributed by atoms with Gasteiger partial charge in [-0.05, 0) is 45.7 Å². The van der Waals surface area contributed by atoms with Crippen molar-refractivity contribution in [3.8, 4) is 0 Å². The van der Waals surface area contributed by atoms with Gasteiger partial charge in [-0.3, -0.25) is 4.79 Å². The van der Waals surface area contributed by atoms with E-state index in [1.54, 1.807) is 0 Å². The molecule has 0 spiro atoms. The zero-order valence-electron chi connectivity index (χ0n) is 10.4. The molecule has 1 aliphatic rings. The van der Waals surface area contributed by atoms with Crippen molar-refractivity contribution in [2.75, 3.05) is 27.2 Å². The number of hydrogen-bond acceptors (Lipinski definition) is 3. The number of nitrogens with zero attached hydrogens (tertiary/aromatic N) is 1. The van der Waals surface area contributed by atoms with Crippen LogP contribution in [-0.2, 0) is 4.79 Å². The highest BCUT2D eigenvalue weighted by Crippen LogP contribution is 2.23. The van der Waals surface area contributed by atoms with Crippen molar-refractivity contribution in [1.82, 2.24) is 10.2 Å².